The third kappa shape index (κ3) is 6.04. The van der Waals surface area contributed by atoms with Crippen LogP contribution in [0.3, 0.4) is 0 Å². The van der Waals surface area contributed by atoms with E-state index < -0.39 is 58.1 Å². The molecule has 1 N–H and O–H groups in total. The Balaban J connectivity index is 1.52. The number of carbonyl (C=O) groups is 2. The Morgan fingerprint density at radius 3 is 2.05 bits per heavy atom. The molecule has 15 nitrogen and oxygen atoms in total. The standard InChI is InChI=1S/C24H20N4O11/c1-13-11-26(24(32)25-21(13)29)20-10-18(39-23(31)15-4-8-17(9-5-15)28(35)36)19(38-20)12-37-22(30)14-2-6-16(7-3-14)27(33)34/h2-9,11,18-20H,10,12H2,1H3,(H,25,29,32)/t18-,19+,20-/m0/s1. The molecule has 15 heteroatoms. The Bertz CT molecular complexity index is 1540. The van der Waals surface area contributed by atoms with Crippen LogP contribution < -0.4 is 11.2 Å². The quantitative estimate of drug-likeness (QED) is 0.249. The largest absolute Gasteiger partial charge is 0.459 e. The van der Waals surface area contributed by atoms with E-state index in [4.69, 9.17) is 14.2 Å². The normalized spacial score (nSPS) is 18.3. The lowest BCUT2D eigenvalue weighted by Gasteiger charge is -2.19. The molecule has 202 valence electrons. The van der Waals surface area contributed by atoms with Crippen LogP contribution in [0.1, 0.15) is 38.9 Å². The summed E-state index contributed by atoms with van der Waals surface area (Å²) in [7, 11) is 0. The highest BCUT2D eigenvalue weighted by Gasteiger charge is 2.40. The molecule has 4 rings (SSSR count). The fourth-order valence-electron chi connectivity index (χ4n) is 3.83. The minimum atomic E-state index is -1.04. The number of aryl methyl sites for hydroxylation is 1. The first-order valence-corrected chi connectivity index (χ1v) is 11.4. The monoisotopic (exact) mass is 540 g/mol. The van der Waals surface area contributed by atoms with Gasteiger partial charge in [0.2, 0.25) is 0 Å². The summed E-state index contributed by atoms with van der Waals surface area (Å²) in [5, 5.41) is 21.7. The minimum Gasteiger partial charge on any atom is -0.459 e. The van der Waals surface area contributed by atoms with E-state index >= 15 is 0 Å². The van der Waals surface area contributed by atoms with Gasteiger partial charge in [-0.25, -0.2) is 14.4 Å². The van der Waals surface area contributed by atoms with Crippen LogP contribution in [-0.2, 0) is 14.2 Å². The van der Waals surface area contributed by atoms with Crippen LogP contribution in [0.15, 0.2) is 64.3 Å². The summed E-state index contributed by atoms with van der Waals surface area (Å²) in [6.07, 6.45) is -1.83. The molecule has 2 aromatic carbocycles. The van der Waals surface area contributed by atoms with Crippen LogP contribution >= 0.6 is 0 Å². The molecule has 2 heterocycles. The van der Waals surface area contributed by atoms with Gasteiger partial charge >= 0.3 is 17.6 Å². The van der Waals surface area contributed by atoms with Gasteiger partial charge in [-0.15, -0.1) is 0 Å². The molecule has 3 aromatic rings. The van der Waals surface area contributed by atoms with Crippen LogP contribution in [0, 0.1) is 27.2 Å². The van der Waals surface area contributed by atoms with E-state index in [1.54, 1.807) is 0 Å². The summed E-state index contributed by atoms with van der Waals surface area (Å²) in [6.45, 7) is 1.07. The number of nitro groups is 2. The van der Waals surface area contributed by atoms with Crippen LogP contribution in [0.5, 0.6) is 0 Å². The van der Waals surface area contributed by atoms with Gasteiger partial charge in [-0.05, 0) is 31.2 Å². The highest BCUT2D eigenvalue weighted by molar-refractivity contribution is 5.90. The SMILES string of the molecule is Cc1cn([C@@H]2C[C@H](OC(=O)c3ccc([N+](=O)[O-])cc3)[C@@H](COC(=O)c3ccc([N+](=O)[O-])cc3)O2)c(=O)[nH]c1=O. The van der Waals surface area contributed by atoms with Crippen molar-refractivity contribution in [3.05, 3.63) is 112 Å². The van der Waals surface area contributed by atoms with Crippen molar-refractivity contribution in [1.29, 1.82) is 0 Å². The van der Waals surface area contributed by atoms with Crippen molar-refractivity contribution in [3.63, 3.8) is 0 Å². The number of aromatic nitrogens is 2. The molecule has 0 aliphatic carbocycles. The third-order valence-electron chi connectivity index (χ3n) is 5.90. The number of esters is 2. The smallest absolute Gasteiger partial charge is 0.338 e. The van der Waals surface area contributed by atoms with Crippen LogP contribution in [0.2, 0.25) is 0 Å². The zero-order valence-electron chi connectivity index (χ0n) is 20.2. The molecule has 1 aliphatic rings. The van der Waals surface area contributed by atoms with Gasteiger partial charge < -0.3 is 14.2 Å². The number of aromatic amines is 1. The first-order valence-electron chi connectivity index (χ1n) is 11.4. The number of non-ortho nitro benzene ring substituents is 2. The molecule has 0 unspecified atom stereocenters. The molecule has 1 aromatic heterocycles. The van der Waals surface area contributed by atoms with Gasteiger partial charge in [0.05, 0.1) is 21.0 Å². The molecular formula is C24H20N4O11. The van der Waals surface area contributed by atoms with Crippen LogP contribution in [0.4, 0.5) is 11.4 Å². The van der Waals surface area contributed by atoms with Crippen molar-refractivity contribution in [2.45, 2.75) is 31.8 Å². The molecule has 0 saturated carbocycles. The van der Waals surface area contributed by atoms with E-state index in [1.165, 1.54) is 37.4 Å². The van der Waals surface area contributed by atoms with E-state index in [2.05, 4.69) is 4.98 Å². The summed E-state index contributed by atoms with van der Waals surface area (Å²) in [5.41, 5.74) is -1.51. The van der Waals surface area contributed by atoms with E-state index in [0.717, 1.165) is 28.8 Å². The molecule has 0 spiro atoms. The first-order chi connectivity index (χ1) is 18.5. The molecule has 1 aliphatic heterocycles. The maximum atomic E-state index is 12.8. The number of benzene rings is 2. The number of nitrogens with one attached hydrogen (secondary N) is 1. The molecule has 3 atom stereocenters. The van der Waals surface area contributed by atoms with Crippen molar-refractivity contribution >= 4 is 23.3 Å². The number of nitrogens with zero attached hydrogens (tertiary/aromatic N) is 3. The van der Waals surface area contributed by atoms with Crippen molar-refractivity contribution in [2.24, 2.45) is 0 Å². The van der Waals surface area contributed by atoms with Gasteiger partial charge in [0.15, 0.2) is 0 Å². The molecule has 0 amide bonds. The van der Waals surface area contributed by atoms with Crippen LogP contribution in [-0.4, -0.2) is 50.2 Å². The Morgan fingerprint density at radius 1 is 0.974 bits per heavy atom. The Kier molecular flexibility index (Phi) is 7.62. The highest BCUT2D eigenvalue weighted by atomic mass is 16.6. The lowest BCUT2D eigenvalue weighted by molar-refractivity contribution is -0.385. The predicted octanol–water partition coefficient (Wildman–Crippen LogP) is 2.03. The molecular weight excluding hydrogens is 520 g/mol. The first kappa shape index (κ1) is 26.9. The number of carbonyl (C=O) groups excluding carboxylic acids is 2. The minimum absolute atomic E-state index is 0.0164. The average molecular weight is 540 g/mol. The Morgan fingerprint density at radius 2 is 1.51 bits per heavy atom. The maximum absolute atomic E-state index is 12.8. The van der Waals surface area contributed by atoms with Crippen molar-refractivity contribution < 1.29 is 33.6 Å². The van der Waals surface area contributed by atoms with Gasteiger partial charge in [-0.2, -0.15) is 0 Å². The summed E-state index contributed by atoms with van der Waals surface area (Å²) >= 11 is 0. The van der Waals surface area contributed by atoms with Gasteiger partial charge in [0.25, 0.3) is 16.9 Å². The zero-order chi connectivity index (χ0) is 28.3. The van der Waals surface area contributed by atoms with E-state index in [-0.39, 0.29) is 34.5 Å². The summed E-state index contributed by atoms with van der Waals surface area (Å²) in [5.74, 6) is -1.66. The summed E-state index contributed by atoms with van der Waals surface area (Å²) < 4.78 is 17.8. The van der Waals surface area contributed by atoms with E-state index in [9.17, 15) is 39.4 Å². The number of nitro benzene ring substituents is 2. The number of hydrogen-bond donors (Lipinski definition) is 1. The van der Waals surface area contributed by atoms with E-state index in [1.807, 2.05) is 0 Å². The summed E-state index contributed by atoms with van der Waals surface area (Å²) in [4.78, 5) is 72.0. The van der Waals surface area contributed by atoms with Crippen molar-refractivity contribution in [3.8, 4) is 0 Å². The van der Waals surface area contributed by atoms with Crippen molar-refractivity contribution in [1.82, 2.24) is 9.55 Å². The average Bonchev–Trinajstić information content (AvgIpc) is 3.31. The molecule has 1 fully saturated rings. The predicted molar refractivity (Wildman–Crippen MR) is 130 cm³/mol. The van der Waals surface area contributed by atoms with Crippen molar-refractivity contribution in [2.75, 3.05) is 6.61 Å². The number of hydrogen-bond acceptors (Lipinski definition) is 11. The topological polar surface area (TPSA) is 203 Å². The Hall–Kier alpha value is -5.18. The lowest BCUT2D eigenvalue weighted by atomic mass is 10.1. The molecule has 1 saturated heterocycles. The number of H-pyrrole nitrogens is 1. The second-order valence-corrected chi connectivity index (χ2v) is 8.49. The maximum Gasteiger partial charge on any atom is 0.338 e. The van der Waals surface area contributed by atoms with Gasteiger partial charge in [0.1, 0.15) is 25.0 Å². The fraction of sp³-hybridized carbons (Fsp3) is 0.250. The highest BCUT2D eigenvalue weighted by Crippen LogP contribution is 2.31. The second-order valence-electron chi connectivity index (χ2n) is 8.49. The molecule has 0 radical (unpaired) electrons. The number of ether oxygens (including phenoxy) is 3. The second kappa shape index (κ2) is 11.1. The third-order valence-corrected chi connectivity index (χ3v) is 5.90. The Labute approximate surface area is 217 Å². The van der Waals surface area contributed by atoms with E-state index in [0.29, 0.717) is 0 Å². The van der Waals surface area contributed by atoms with Gasteiger partial charge in [0, 0.05) is 42.4 Å². The lowest BCUT2D eigenvalue weighted by Crippen LogP contribution is -2.33. The molecule has 0 bridgehead atoms. The fourth-order valence-corrected chi connectivity index (χ4v) is 3.83. The van der Waals surface area contributed by atoms with Gasteiger partial charge in [-0.3, -0.25) is 34.6 Å². The van der Waals surface area contributed by atoms with Gasteiger partial charge in [-0.1, -0.05) is 0 Å². The zero-order valence-corrected chi connectivity index (χ0v) is 20.2. The molecule has 39 heavy (non-hydrogen) atoms. The number of rotatable bonds is 8. The summed E-state index contributed by atoms with van der Waals surface area (Å²) in [6, 6.07) is 9.41. The van der Waals surface area contributed by atoms with Crippen LogP contribution in [0.25, 0.3) is 0 Å².